The second-order valence-electron chi connectivity index (χ2n) is 3.79. The molecule has 7 heteroatoms. The van der Waals surface area contributed by atoms with E-state index in [-0.39, 0.29) is 12.7 Å². The van der Waals surface area contributed by atoms with Gasteiger partial charge in [-0.25, -0.2) is 9.48 Å². The first-order valence-electron chi connectivity index (χ1n) is 5.56. The highest BCUT2D eigenvalue weighted by atomic mass is 127. The Bertz CT molecular complexity index is 396. The van der Waals surface area contributed by atoms with Gasteiger partial charge in [0.2, 0.25) is 0 Å². The molecule has 1 heterocycles. The predicted octanol–water partition coefficient (Wildman–Crippen LogP) is 1.52. The summed E-state index contributed by atoms with van der Waals surface area (Å²) in [6, 6.07) is 0. The Morgan fingerprint density at radius 2 is 2.28 bits per heavy atom. The molecule has 0 aliphatic rings. The van der Waals surface area contributed by atoms with E-state index in [0.29, 0.717) is 29.8 Å². The zero-order chi connectivity index (χ0) is 13.5. The number of esters is 1. The monoisotopic (exact) mass is 385 g/mol. The molecule has 0 atom stereocenters. The van der Waals surface area contributed by atoms with Crippen LogP contribution < -0.4 is 0 Å². The van der Waals surface area contributed by atoms with E-state index in [9.17, 15) is 4.79 Å². The van der Waals surface area contributed by atoms with Gasteiger partial charge in [0.15, 0.2) is 5.69 Å². The maximum atomic E-state index is 11.7. The van der Waals surface area contributed by atoms with Crippen LogP contribution in [0.4, 0.5) is 0 Å². The molecule has 0 unspecified atom stereocenters. The molecule has 5 nitrogen and oxygen atoms in total. The molecule has 0 fully saturated rings. The van der Waals surface area contributed by atoms with Crippen LogP contribution in [-0.2, 0) is 27.1 Å². The Hall–Kier alpha value is -0.280. The van der Waals surface area contributed by atoms with Gasteiger partial charge in [-0.2, -0.15) is 5.10 Å². The van der Waals surface area contributed by atoms with Crippen LogP contribution >= 0.6 is 22.6 Å². The van der Waals surface area contributed by atoms with E-state index in [1.807, 2.05) is 0 Å². The summed E-state index contributed by atoms with van der Waals surface area (Å²) in [6.45, 7) is 3.10. The van der Waals surface area contributed by atoms with Gasteiger partial charge in [0.05, 0.1) is 35.5 Å². The number of rotatable bonds is 7. The van der Waals surface area contributed by atoms with Gasteiger partial charge in [-0.1, -0.05) is 0 Å². The molecule has 0 N–H and O–H groups in total. The number of hydrogen-bond donors (Lipinski definition) is 0. The second kappa shape index (κ2) is 8.00. The van der Waals surface area contributed by atoms with Crippen LogP contribution in [0.25, 0.3) is 0 Å². The van der Waals surface area contributed by atoms with Crippen molar-refractivity contribution in [1.29, 1.82) is 0 Å². The van der Waals surface area contributed by atoms with E-state index >= 15 is 0 Å². The van der Waals surface area contributed by atoms with Crippen molar-refractivity contribution in [2.45, 2.75) is 13.7 Å². The number of nitrogens with zero attached hydrogens (tertiary/aromatic N) is 2. The summed E-state index contributed by atoms with van der Waals surface area (Å²) in [7, 11) is 0.367. The van der Waals surface area contributed by atoms with Crippen molar-refractivity contribution in [1.82, 2.24) is 9.78 Å². The molecule has 0 aliphatic carbocycles. The van der Waals surface area contributed by atoms with Gasteiger partial charge >= 0.3 is 5.97 Å². The lowest BCUT2D eigenvalue weighted by Crippen LogP contribution is -2.17. The summed E-state index contributed by atoms with van der Waals surface area (Å²) in [6.07, 6.45) is 5.98. The fourth-order valence-corrected chi connectivity index (χ4v) is 2.31. The molecule has 0 bridgehead atoms. The molecular weight excluding hydrogens is 367 g/mol. The van der Waals surface area contributed by atoms with Crippen molar-refractivity contribution in [3.63, 3.8) is 0 Å². The molecule has 1 aromatic heterocycles. The lowest BCUT2D eigenvalue weighted by Gasteiger charge is -2.07. The summed E-state index contributed by atoms with van der Waals surface area (Å²) in [5.74, 6) is 0.668. The van der Waals surface area contributed by atoms with E-state index in [0.717, 1.165) is 9.32 Å². The predicted molar refractivity (Wildman–Crippen MR) is 80.9 cm³/mol. The first-order chi connectivity index (χ1) is 8.56. The molecule has 102 valence electrons. The molecule has 0 aliphatic heterocycles. The largest absolute Gasteiger partial charge is 0.461 e. The van der Waals surface area contributed by atoms with Gasteiger partial charge in [-0.15, -0.1) is 0 Å². The summed E-state index contributed by atoms with van der Waals surface area (Å²) < 4.78 is 12.8. The standard InChI is InChI=1S/C11H18IN2O3S/c1-4-17-11(15)10-9(12)7-13-14(10)8-16-5-6-18(2)3/h7H,4-6,8H2,1-3H3/q+1. The maximum absolute atomic E-state index is 11.7. The molecule has 0 amide bonds. The summed E-state index contributed by atoms with van der Waals surface area (Å²) in [5.41, 5.74) is 0.462. The first kappa shape index (κ1) is 15.8. The zero-order valence-electron chi connectivity index (χ0n) is 10.8. The van der Waals surface area contributed by atoms with Gasteiger partial charge in [0, 0.05) is 0 Å². The fraction of sp³-hybridized carbons (Fsp3) is 0.636. The highest BCUT2D eigenvalue weighted by molar-refractivity contribution is 14.1. The minimum atomic E-state index is -0.353. The lowest BCUT2D eigenvalue weighted by atomic mass is 10.4. The third-order valence-corrected chi connectivity index (χ3v) is 3.89. The van der Waals surface area contributed by atoms with Crippen molar-refractivity contribution in [2.75, 3.05) is 31.5 Å². The summed E-state index contributed by atoms with van der Waals surface area (Å²) in [4.78, 5) is 11.7. The molecular formula is C11H18IN2O3S+. The van der Waals surface area contributed by atoms with E-state index in [1.54, 1.807) is 17.8 Å². The third kappa shape index (κ3) is 4.77. The average molecular weight is 385 g/mol. The molecule has 1 aromatic rings. The van der Waals surface area contributed by atoms with Gasteiger partial charge in [-0.3, -0.25) is 0 Å². The Balaban J connectivity index is 2.58. The second-order valence-corrected chi connectivity index (χ2v) is 7.33. The SMILES string of the molecule is CCOC(=O)c1c(I)cnn1COCC[S+](C)C. The number of hydrogen-bond acceptors (Lipinski definition) is 4. The molecule has 0 saturated carbocycles. The van der Waals surface area contributed by atoms with E-state index < -0.39 is 0 Å². The molecule has 0 radical (unpaired) electrons. The van der Waals surface area contributed by atoms with Gasteiger partial charge in [0.1, 0.15) is 12.5 Å². The Kier molecular flexibility index (Phi) is 7.02. The minimum absolute atomic E-state index is 0.286. The fourth-order valence-electron chi connectivity index (χ4n) is 1.24. The van der Waals surface area contributed by atoms with Crippen molar-refractivity contribution in [2.24, 2.45) is 0 Å². The van der Waals surface area contributed by atoms with Crippen molar-refractivity contribution in [3.8, 4) is 0 Å². The van der Waals surface area contributed by atoms with Crippen LogP contribution in [-0.4, -0.2) is 47.2 Å². The molecule has 0 saturated heterocycles. The topological polar surface area (TPSA) is 53.3 Å². The molecule has 0 spiro atoms. The smallest absolute Gasteiger partial charge is 0.357 e. The first-order valence-corrected chi connectivity index (χ1v) is 8.85. The van der Waals surface area contributed by atoms with Crippen molar-refractivity contribution < 1.29 is 14.3 Å². The highest BCUT2D eigenvalue weighted by Gasteiger charge is 2.18. The quantitative estimate of drug-likeness (QED) is 0.309. The average Bonchev–Trinajstić information content (AvgIpc) is 2.66. The Morgan fingerprint density at radius 3 is 2.89 bits per heavy atom. The molecule has 1 rings (SSSR count). The van der Waals surface area contributed by atoms with Crippen LogP contribution in [0.5, 0.6) is 0 Å². The third-order valence-electron chi connectivity index (χ3n) is 2.11. The van der Waals surface area contributed by atoms with Crippen LogP contribution in [0.3, 0.4) is 0 Å². The van der Waals surface area contributed by atoms with Gasteiger partial charge < -0.3 is 9.47 Å². The maximum Gasteiger partial charge on any atom is 0.357 e. The number of aromatic nitrogens is 2. The van der Waals surface area contributed by atoms with Crippen LogP contribution in [0, 0.1) is 3.57 Å². The highest BCUT2D eigenvalue weighted by Crippen LogP contribution is 2.13. The van der Waals surface area contributed by atoms with Crippen LogP contribution in [0.1, 0.15) is 17.4 Å². The Labute approximate surface area is 124 Å². The normalized spacial score (nSPS) is 10.9. The number of ether oxygens (including phenoxy) is 2. The summed E-state index contributed by atoms with van der Waals surface area (Å²) >= 11 is 2.07. The van der Waals surface area contributed by atoms with E-state index in [4.69, 9.17) is 9.47 Å². The number of halogens is 1. The van der Waals surface area contributed by atoms with Gasteiger partial charge in [0.25, 0.3) is 0 Å². The number of carbonyl (C=O) groups is 1. The van der Waals surface area contributed by atoms with Crippen molar-refractivity contribution >= 4 is 39.5 Å². The van der Waals surface area contributed by atoms with Crippen LogP contribution in [0.15, 0.2) is 6.20 Å². The van der Waals surface area contributed by atoms with E-state index in [1.165, 1.54) is 0 Å². The summed E-state index contributed by atoms with van der Waals surface area (Å²) in [5, 5.41) is 4.12. The molecule has 0 aromatic carbocycles. The lowest BCUT2D eigenvalue weighted by molar-refractivity contribution is 0.0457. The molecule has 18 heavy (non-hydrogen) atoms. The van der Waals surface area contributed by atoms with Gasteiger partial charge in [-0.05, 0) is 40.4 Å². The Morgan fingerprint density at radius 1 is 1.56 bits per heavy atom. The van der Waals surface area contributed by atoms with Crippen LogP contribution in [0.2, 0.25) is 0 Å². The zero-order valence-corrected chi connectivity index (χ0v) is 13.8. The van der Waals surface area contributed by atoms with Crippen molar-refractivity contribution in [3.05, 3.63) is 15.5 Å². The number of carbonyl (C=O) groups excluding carboxylic acids is 1. The minimum Gasteiger partial charge on any atom is -0.461 e. The van der Waals surface area contributed by atoms with E-state index in [2.05, 4.69) is 40.2 Å².